The second-order valence-electron chi connectivity index (χ2n) is 6.25. The molecular weight excluding hydrogens is 425 g/mol. The standard InChI is InChI=1S/C19H19Cl2NO5S/c1-26-17-8-7-13(11-18(17)28(24,25)22-9-2-3-10-22)19(23)27-12-14-15(20)5-4-6-16(14)21/h4-8,11H,2-3,9-10,12H2,1H3. The van der Waals surface area contributed by atoms with Gasteiger partial charge in [0.25, 0.3) is 0 Å². The number of ether oxygens (including phenoxy) is 2. The van der Waals surface area contributed by atoms with Crippen LogP contribution in [-0.2, 0) is 21.4 Å². The van der Waals surface area contributed by atoms with E-state index in [0.717, 1.165) is 12.8 Å². The molecule has 150 valence electrons. The summed E-state index contributed by atoms with van der Waals surface area (Å²) in [6.45, 7) is 0.772. The molecule has 0 spiro atoms. The first-order valence-electron chi connectivity index (χ1n) is 8.63. The number of sulfonamides is 1. The van der Waals surface area contributed by atoms with Crippen molar-refractivity contribution in [2.75, 3.05) is 20.2 Å². The Labute approximate surface area is 174 Å². The van der Waals surface area contributed by atoms with Crippen molar-refractivity contribution in [2.24, 2.45) is 0 Å². The van der Waals surface area contributed by atoms with Crippen molar-refractivity contribution < 1.29 is 22.7 Å². The van der Waals surface area contributed by atoms with Crippen LogP contribution in [0.15, 0.2) is 41.3 Å². The van der Waals surface area contributed by atoms with Crippen LogP contribution in [0.4, 0.5) is 0 Å². The lowest BCUT2D eigenvalue weighted by molar-refractivity contribution is 0.0472. The van der Waals surface area contributed by atoms with Gasteiger partial charge in [0, 0.05) is 28.7 Å². The van der Waals surface area contributed by atoms with Gasteiger partial charge in [-0.3, -0.25) is 0 Å². The van der Waals surface area contributed by atoms with Crippen LogP contribution < -0.4 is 4.74 Å². The Morgan fingerprint density at radius 1 is 1.11 bits per heavy atom. The fraction of sp³-hybridized carbons (Fsp3) is 0.316. The van der Waals surface area contributed by atoms with Gasteiger partial charge in [-0.1, -0.05) is 29.3 Å². The SMILES string of the molecule is COc1ccc(C(=O)OCc2c(Cl)cccc2Cl)cc1S(=O)(=O)N1CCCC1. The Kier molecular flexibility index (Phi) is 6.50. The highest BCUT2D eigenvalue weighted by Crippen LogP contribution is 2.30. The largest absolute Gasteiger partial charge is 0.495 e. The Morgan fingerprint density at radius 2 is 1.75 bits per heavy atom. The van der Waals surface area contributed by atoms with Crippen molar-refractivity contribution in [3.8, 4) is 5.75 Å². The smallest absolute Gasteiger partial charge is 0.338 e. The van der Waals surface area contributed by atoms with Crippen molar-refractivity contribution in [1.29, 1.82) is 0 Å². The minimum absolute atomic E-state index is 0.0536. The van der Waals surface area contributed by atoms with Crippen LogP contribution in [0.5, 0.6) is 5.75 Å². The van der Waals surface area contributed by atoms with E-state index in [1.165, 1.54) is 29.6 Å². The summed E-state index contributed by atoms with van der Waals surface area (Å²) in [5, 5.41) is 0.764. The maximum atomic E-state index is 12.9. The third-order valence-corrected chi connectivity index (χ3v) is 7.12. The Morgan fingerprint density at radius 3 is 2.36 bits per heavy atom. The third-order valence-electron chi connectivity index (χ3n) is 4.49. The molecule has 1 fully saturated rings. The predicted octanol–water partition coefficient (Wildman–Crippen LogP) is 4.14. The quantitative estimate of drug-likeness (QED) is 0.627. The topological polar surface area (TPSA) is 72.9 Å². The summed E-state index contributed by atoms with van der Waals surface area (Å²) in [6.07, 6.45) is 1.61. The lowest BCUT2D eigenvalue weighted by Crippen LogP contribution is -2.28. The van der Waals surface area contributed by atoms with Gasteiger partial charge >= 0.3 is 5.97 Å². The molecule has 3 rings (SSSR count). The first-order valence-corrected chi connectivity index (χ1v) is 10.8. The second kappa shape index (κ2) is 8.69. The maximum Gasteiger partial charge on any atom is 0.338 e. The molecule has 0 radical (unpaired) electrons. The molecule has 0 aliphatic carbocycles. The highest BCUT2D eigenvalue weighted by molar-refractivity contribution is 7.89. The van der Waals surface area contributed by atoms with Crippen molar-refractivity contribution in [3.63, 3.8) is 0 Å². The van der Waals surface area contributed by atoms with Gasteiger partial charge in [-0.25, -0.2) is 13.2 Å². The maximum absolute atomic E-state index is 12.9. The Bertz CT molecular complexity index is 968. The Hall–Kier alpha value is -1.80. The molecule has 28 heavy (non-hydrogen) atoms. The molecule has 0 unspecified atom stereocenters. The number of carbonyl (C=O) groups is 1. The van der Waals surface area contributed by atoms with E-state index in [1.807, 2.05) is 0 Å². The fourth-order valence-electron chi connectivity index (χ4n) is 2.96. The van der Waals surface area contributed by atoms with E-state index in [-0.39, 0.29) is 22.8 Å². The molecule has 0 amide bonds. The van der Waals surface area contributed by atoms with Crippen LogP contribution in [0, 0.1) is 0 Å². The number of methoxy groups -OCH3 is 1. The zero-order chi connectivity index (χ0) is 20.3. The summed E-state index contributed by atoms with van der Waals surface area (Å²) in [7, 11) is -2.38. The first-order chi connectivity index (χ1) is 13.3. The van der Waals surface area contributed by atoms with Gasteiger partial charge in [-0.2, -0.15) is 4.31 Å². The average Bonchev–Trinajstić information content (AvgIpc) is 3.22. The summed E-state index contributed by atoms with van der Waals surface area (Å²) in [4.78, 5) is 12.4. The van der Waals surface area contributed by atoms with Gasteiger partial charge in [0.15, 0.2) is 0 Å². The van der Waals surface area contributed by atoms with Crippen molar-refractivity contribution in [3.05, 3.63) is 57.6 Å². The monoisotopic (exact) mass is 443 g/mol. The van der Waals surface area contributed by atoms with Gasteiger partial charge in [-0.05, 0) is 43.2 Å². The summed E-state index contributed by atoms with van der Waals surface area (Å²) in [6, 6.07) is 9.16. The zero-order valence-corrected chi connectivity index (χ0v) is 17.5. The van der Waals surface area contributed by atoms with Crippen LogP contribution in [0.1, 0.15) is 28.8 Å². The molecule has 1 saturated heterocycles. The number of halogens is 2. The lowest BCUT2D eigenvalue weighted by atomic mass is 10.2. The van der Waals surface area contributed by atoms with E-state index >= 15 is 0 Å². The number of esters is 1. The van der Waals surface area contributed by atoms with Crippen molar-refractivity contribution >= 4 is 39.2 Å². The van der Waals surface area contributed by atoms with E-state index in [2.05, 4.69) is 0 Å². The normalized spacial score (nSPS) is 14.8. The number of benzene rings is 2. The molecule has 0 aromatic heterocycles. The number of hydrogen-bond acceptors (Lipinski definition) is 5. The summed E-state index contributed by atoms with van der Waals surface area (Å²) >= 11 is 12.2. The minimum Gasteiger partial charge on any atom is -0.495 e. The number of carbonyl (C=O) groups excluding carboxylic acids is 1. The molecule has 2 aromatic rings. The van der Waals surface area contributed by atoms with Gasteiger partial charge in [0.05, 0.1) is 12.7 Å². The molecule has 6 nitrogen and oxygen atoms in total. The highest BCUT2D eigenvalue weighted by atomic mass is 35.5. The third kappa shape index (κ3) is 4.27. The van der Waals surface area contributed by atoms with Crippen molar-refractivity contribution in [2.45, 2.75) is 24.3 Å². The summed E-state index contributed by atoms with van der Waals surface area (Å²) in [5.74, 6) is -0.505. The molecule has 0 bridgehead atoms. The van der Waals surface area contributed by atoms with Gasteiger partial charge in [0.2, 0.25) is 10.0 Å². The van der Waals surface area contributed by atoms with Gasteiger partial charge < -0.3 is 9.47 Å². The van der Waals surface area contributed by atoms with Crippen LogP contribution in [0.2, 0.25) is 10.0 Å². The molecule has 1 heterocycles. The van der Waals surface area contributed by atoms with Crippen LogP contribution >= 0.6 is 23.2 Å². The molecule has 0 atom stereocenters. The van der Waals surface area contributed by atoms with Crippen LogP contribution in [0.3, 0.4) is 0 Å². The van der Waals surface area contributed by atoms with E-state index < -0.39 is 16.0 Å². The average molecular weight is 444 g/mol. The van der Waals surface area contributed by atoms with E-state index in [4.69, 9.17) is 32.7 Å². The van der Waals surface area contributed by atoms with Gasteiger partial charge in [-0.15, -0.1) is 0 Å². The molecule has 1 aliphatic rings. The second-order valence-corrected chi connectivity index (χ2v) is 8.97. The Balaban J connectivity index is 1.85. The summed E-state index contributed by atoms with van der Waals surface area (Å²) in [5.41, 5.74) is 0.583. The zero-order valence-electron chi connectivity index (χ0n) is 15.2. The molecule has 2 aromatic carbocycles. The minimum atomic E-state index is -3.76. The van der Waals surface area contributed by atoms with Crippen molar-refractivity contribution in [1.82, 2.24) is 4.31 Å². The lowest BCUT2D eigenvalue weighted by Gasteiger charge is -2.18. The van der Waals surface area contributed by atoms with E-state index in [1.54, 1.807) is 18.2 Å². The summed E-state index contributed by atoms with van der Waals surface area (Å²) < 4.78 is 37.7. The van der Waals surface area contributed by atoms with Gasteiger partial charge in [0.1, 0.15) is 17.3 Å². The number of rotatable bonds is 6. The molecule has 1 aliphatic heterocycles. The molecule has 9 heteroatoms. The van der Waals surface area contributed by atoms with Crippen LogP contribution in [-0.4, -0.2) is 38.9 Å². The molecule has 0 saturated carbocycles. The predicted molar refractivity (Wildman–Crippen MR) is 107 cm³/mol. The number of hydrogen-bond donors (Lipinski definition) is 0. The number of nitrogens with zero attached hydrogens (tertiary/aromatic N) is 1. The fourth-order valence-corrected chi connectivity index (χ4v) is 5.17. The molecule has 0 N–H and O–H groups in total. The highest BCUT2D eigenvalue weighted by Gasteiger charge is 2.30. The van der Waals surface area contributed by atoms with E-state index in [9.17, 15) is 13.2 Å². The molecular formula is C19H19Cl2NO5S. The van der Waals surface area contributed by atoms with E-state index in [0.29, 0.717) is 28.7 Å². The first kappa shape index (κ1) is 20.9. The van der Waals surface area contributed by atoms with Crippen LogP contribution in [0.25, 0.3) is 0 Å².